The molecule has 7 nitrogen and oxygen atoms in total. The zero-order valence-electron chi connectivity index (χ0n) is 11.3. The highest BCUT2D eigenvalue weighted by Crippen LogP contribution is 2.16. The van der Waals surface area contributed by atoms with Gasteiger partial charge in [-0.2, -0.15) is 13.5 Å². The van der Waals surface area contributed by atoms with Crippen LogP contribution in [0.5, 0.6) is 0 Å². The van der Waals surface area contributed by atoms with Gasteiger partial charge in [-0.15, -0.1) is 0 Å². The number of H-pyrrole nitrogens is 1. The van der Waals surface area contributed by atoms with E-state index in [0.717, 1.165) is 12.2 Å². The highest BCUT2D eigenvalue weighted by atomic mass is 32.2. The van der Waals surface area contributed by atoms with E-state index in [-0.39, 0.29) is 10.8 Å². The Morgan fingerprint density at radius 3 is 2.85 bits per heavy atom. The average molecular weight is 295 g/mol. The first-order valence-electron chi connectivity index (χ1n) is 6.22. The number of rotatable bonds is 6. The number of hydrogen-bond donors (Lipinski definition) is 3. The van der Waals surface area contributed by atoms with Gasteiger partial charge in [0.05, 0.1) is 6.20 Å². The lowest BCUT2D eigenvalue weighted by atomic mass is 10.3. The maximum atomic E-state index is 12.3. The first-order valence-corrected chi connectivity index (χ1v) is 7.70. The molecule has 0 spiro atoms. The Morgan fingerprint density at radius 1 is 1.35 bits per heavy atom. The Balaban J connectivity index is 2.24. The van der Waals surface area contributed by atoms with E-state index in [4.69, 9.17) is 0 Å². The van der Waals surface area contributed by atoms with Crippen molar-refractivity contribution >= 4 is 15.8 Å². The van der Waals surface area contributed by atoms with Crippen molar-refractivity contribution in [1.29, 1.82) is 0 Å². The molecule has 0 amide bonds. The minimum atomic E-state index is -3.72. The molecule has 0 fully saturated rings. The van der Waals surface area contributed by atoms with Crippen LogP contribution in [0.3, 0.4) is 0 Å². The Hall–Kier alpha value is -1.93. The third-order valence-electron chi connectivity index (χ3n) is 2.64. The van der Waals surface area contributed by atoms with Gasteiger partial charge in [0.15, 0.2) is 5.03 Å². The van der Waals surface area contributed by atoms with Crippen LogP contribution in [0.4, 0.5) is 5.82 Å². The van der Waals surface area contributed by atoms with Crippen LogP contribution in [0.25, 0.3) is 0 Å². The van der Waals surface area contributed by atoms with Crippen molar-refractivity contribution in [3.63, 3.8) is 0 Å². The topological polar surface area (TPSA) is 99.8 Å². The normalized spacial score (nSPS) is 11.5. The van der Waals surface area contributed by atoms with E-state index in [0.29, 0.717) is 12.1 Å². The first kappa shape index (κ1) is 14.5. The van der Waals surface area contributed by atoms with Crippen LogP contribution >= 0.6 is 0 Å². The lowest BCUT2D eigenvalue weighted by Crippen LogP contribution is -2.19. The molecule has 2 aromatic heterocycles. The van der Waals surface area contributed by atoms with Gasteiger partial charge in [-0.1, -0.05) is 13.0 Å². The number of sulfonamides is 1. The number of pyridine rings is 1. The molecule has 108 valence electrons. The van der Waals surface area contributed by atoms with Crippen molar-refractivity contribution in [1.82, 2.24) is 20.5 Å². The summed E-state index contributed by atoms with van der Waals surface area (Å²) in [5.74, 6) is 0.286. The van der Waals surface area contributed by atoms with Crippen LogP contribution in [-0.2, 0) is 16.6 Å². The van der Waals surface area contributed by atoms with Crippen LogP contribution in [-0.4, -0.2) is 30.1 Å². The molecule has 0 aromatic carbocycles. The maximum Gasteiger partial charge on any atom is 0.280 e. The van der Waals surface area contributed by atoms with Crippen molar-refractivity contribution in [3.8, 4) is 0 Å². The number of nitrogens with zero attached hydrogens (tertiary/aromatic N) is 2. The highest BCUT2D eigenvalue weighted by molar-refractivity contribution is 7.92. The molecule has 2 rings (SSSR count). The molecule has 0 saturated heterocycles. The molecule has 0 unspecified atom stereocenters. The van der Waals surface area contributed by atoms with Crippen molar-refractivity contribution in [2.24, 2.45) is 0 Å². The van der Waals surface area contributed by atoms with E-state index in [1.165, 1.54) is 6.20 Å². The monoisotopic (exact) mass is 295 g/mol. The Bertz CT molecular complexity index is 681. The first-order chi connectivity index (χ1) is 9.53. The van der Waals surface area contributed by atoms with E-state index >= 15 is 0 Å². The molecule has 0 atom stereocenters. The van der Waals surface area contributed by atoms with Crippen LogP contribution in [0.2, 0.25) is 0 Å². The Kier molecular flexibility index (Phi) is 4.35. The number of hydrogen-bond acceptors (Lipinski definition) is 5. The molecule has 8 heteroatoms. The van der Waals surface area contributed by atoms with Gasteiger partial charge in [0.2, 0.25) is 0 Å². The summed E-state index contributed by atoms with van der Waals surface area (Å²) in [7, 11) is -3.72. The SMILES string of the molecule is CCNCc1cn[nH]c1S(=O)(=O)Nc1cccc(C)n1. The fourth-order valence-electron chi connectivity index (χ4n) is 1.71. The summed E-state index contributed by atoms with van der Waals surface area (Å²) in [6.45, 7) is 4.93. The van der Waals surface area contributed by atoms with Crippen molar-refractivity contribution in [2.75, 3.05) is 11.3 Å². The average Bonchev–Trinajstić information content (AvgIpc) is 2.85. The number of aryl methyl sites for hydroxylation is 1. The molecule has 20 heavy (non-hydrogen) atoms. The molecule has 3 N–H and O–H groups in total. The van der Waals surface area contributed by atoms with Gasteiger partial charge < -0.3 is 5.32 Å². The third-order valence-corrected chi connectivity index (χ3v) is 4.01. The fourth-order valence-corrected chi connectivity index (χ4v) is 2.84. The van der Waals surface area contributed by atoms with Gasteiger partial charge in [0.25, 0.3) is 10.0 Å². The molecule has 0 bridgehead atoms. The summed E-state index contributed by atoms with van der Waals surface area (Å²) in [5.41, 5.74) is 1.33. The predicted octanol–water partition coefficient (Wildman–Crippen LogP) is 1.02. The molecule has 2 heterocycles. The molecule has 0 aliphatic carbocycles. The van der Waals surface area contributed by atoms with Crippen molar-refractivity contribution in [3.05, 3.63) is 35.7 Å². The van der Waals surface area contributed by atoms with Gasteiger partial charge >= 0.3 is 0 Å². The lowest BCUT2D eigenvalue weighted by molar-refractivity contribution is 0.594. The summed E-state index contributed by atoms with van der Waals surface area (Å²) in [6, 6.07) is 5.14. The minimum Gasteiger partial charge on any atom is -0.313 e. The molecule has 2 aromatic rings. The number of aromatic nitrogens is 3. The summed E-state index contributed by atoms with van der Waals surface area (Å²) >= 11 is 0. The van der Waals surface area contributed by atoms with E-state index in [1.54, 1.807) is 25.1 Å². The number of aromatic amines is 1. The summed E-state index contributed by atoms with van der Waals surface area (Å²) in [6.07, 6.45) is 1.50. The molecule has 0 aliphatic heterocycles. The Morgan fingerprint density at radius 2 is 2.15 bits per heavy atom. The fraction of sp³-hybridized carbons (Fsp3) is 0.333. The van der Waals surface area contributed by atoms with E-state index in [9.17, 15) is 8.42 Å². The second-order valence-corrected chi connectivity index (χ2v) is 5.89. The van der Waals surface area contributed by atoms with E-state index in [1.807, 2.05) is 6.92 Å². The van der Waals surface area contributed by atoms with Crippen LogP contribution in [0.15, 0.2) is 29.4 Å². The van der Waals surface area contributed by atoms with Crippen molar-refractivity contribution in [2.45, 2.75) is 25.4 Å². The molecule has 0 radical (unpaired) electrons. The van der Waals surface area contributed by atoms with E-state index in [2.05, 4.69) is 25.2 Å². The minimum absolute atomic E-state index is 0.0572. The summed E-state index contributed by atoms with van der Waals surface area (Å²) in [5, 5.41) is 9.44. The largest absolute Gasteiger partial charge is 0.313 e. The second kappa shape index (κ2) is 6.02. The Labute approximate surface area is 117 Å². The number of anilines is 1. The second-order valence-electron chi connectivity index (χ2n) is 4.27. The lowest BCUT2D eigenvalue weighted by Gasteiger charge is -2.08. The zero-order valence-corrected chi connectivity index (χ0v) is 12.2. The molecular weight excluding hydrogens is 278 g/mol. The predicted molar refractivity (Wildman–Crippen MR) is 75.8 cm³/mol. The highest BCUT2D eigenvalue weighted by Gasteiger charge is 2.21. The van der Waals surface area contributed by atoms with Gasteiger partial charge in [0.1, 0.15) is 5.82 Å². The zero-order chi connectivity index (χ0) is 14.6. The standard InChI is InChI=1S/C12H17N5O2S/c1-3-13-7-10-8-14-16-12(10)20(18,19)17-11-6-4-5-9(2)15-11/h4-6,8,13H,3,7H2,1-2H3,(H,14,16)(H,15,17). The smallest absolute Gasteiger partial charge is 0.280 e. The van der Waals surface area contributed by atoms with Gasteiger partial charge in [0, 0.05) is 17.8 Å². The van der Waals surface area contributed by atoms with Gasteiger partial charge in [-0.05, 0) is 25.6 Å². The van der Waals surface area contributed by atoms with E-state index < -0.39 is 10.0 Å². The van der Waals surface area contributed by atoms with Crippen LogP contribution in [0.1, 0.15) is 18.2 Å². The summed E-state index contributed by atoms with van der Waals surface area (Å²) < 4.78 is 27.1. The van der Waals surface area contributed by atoms with Gasteiger partial charge in [-0.3, -0.25) is 9.82 Å². The number of nitrogens with one attached hydrogen (secondary N) is 3. The van der Waals surface area contributed by atoms with Crippen molar-refractivity contribution < 1.29 is 8.42 Å². The summed E-state index contributed by atoms with van der Waals surface area (Å²) in [4.78, 5) is 4.12. The van der Waals surface area contributed by atoms with Crippen LogP contribution < -0.4 is 10.0 Å². The quantitative estimate of drug-likeness (QED) is 0.739. The molecular formula is C12H17N5O2S. The van der Waals surface area contributed by atoms with Gasteiger partial charge in [-0.25, -0.2) is 4.98 Å². The van der Waals surface area contributed by atoms with Crippen LogP contribution in [0, 0.1) is 6.92 Å². The third kappa shape index (κ3) is 3.34. The maximum absolute atomic E-state index is 12.3. The molecule has 0 saturated carbocycles. The molecule has 0 aliphatic rings.